The second-order valence-corrected chi connectivity index (χ2v) is 3.01. The van der Waals surface area contributed by atoms with Gasteiger partial charge in [-0.15, -0.1) is 0 Å². The maximum absolute atomic E-state index is 12.2. The second kappa shape index (κ2) is 5.23. The van der Waals surface area contributed by atoms with E-state index >= 15 is 0 Å². The molecule has 0 nitrogen and oxygen atoms in total. The van der Waals surface area contributed by atoms with Gasteiger partial charge in [-0.3, -0.25) is 0 Å². The first-order valence-electron chi connectivity index (χ1n) is 4.24. The molecule has 0 fully saturated rings. The molecule has 0 unspecified atom stereocenters. The van der Waals surface area contributed by atoms with Crippen LogP contribution in [0.3, 0.4) is 0 Å². The third kappa shape index (κ3) is 6.31. The summed E-state index contributed by atoms with van der Waals surface area (Å²) in [5.74, 6) is 0. The molecule has 0 aromatic carbocycles. The van der Waals surface area contributed by atoms with E-state index in [9.17, 15) is 26.3 Å². The number of hydrogen-bond acceptors (Lipinski definition) is 0. The van der Waals surface area contributed by atoms with Crippen LogP contribution in [0.4, 0.5) is 26.3 Å². The highest BCUT2D eigenvalue weighted by Gasteiger charge is 2.31. The van der Waals surface area contributed by atoms with Gasteiger partial charge in [0.2, 0.25) is 0 Å². The maximum atomic E-state index is 12.2. The molecule has 92 valence electrons. The SMILES string of the molecule is CC=C(C=C(C)C=CC(F)(F)F)C(F)(F)F. The Labute approximate surface area is 88.9 Å². The molecule has 0 amide bonds. The fourth-order valence-corrected chi connectivity index (χ4v) is 0.848. The molecule has 0 saturated carbocycles. The summed E-state index contributed by atoms with van der Waals surface area (Å²) in [7, 11) is 0. The van der Waals surface area contributed by atoms with E-state index in [1.165, 1.54) is 6.92 Å². The summed E-state index contributed by atoms with van der Waals surface area (Å²) in [5.41, 5.74) is -1.10. The van der Waals surface area contributed by atoms with Gasteiger partial charge in [0.15, 0.2) is 0 Å². The molecule has 0 spiro atoms. The normalized spacial score (nSPS) is 16.0. The molecule has 16 heavy (non-hydrogen) atoms. The van der Waals surface area contributed by atoms with Crippen molar-refractivity contribution < 1.29 is 26.3 Å². The highest BCUT2D eigenvalue weighted by atomic mass is 19.4. The summed E-state index contributed by atoms with van der Waals surface area (Å²) in [6.07, 6.45) is -7.14. The van der Waals surface area contributed by atoms with Crippen LogP contribution in [-0.2, 0) is 0 Å². The lowest BCUT2D eigenvalue weighted by Gasteiger charge is -2.07. The Hall–Kier alpha value is -1.20. The highest BCUT2D eigenvalue weighted by Crippen LogP contribution is 2.27. The van der Waals surface area contributed by atoms with Crippen molar-refractivity contribution in [3.8, 4) is 0 Å². The van der Waals surface area contributed by atoms with Crippen LogP contribution >= 0.6 is 0 Å². The molecule has 0 bridgehead atoms. The molecule has 0 heterocycles. The Morgan fingerprint density at radius 1 is 1.00 bits per heavy atom. The van der Waals surface area contributed by atoms with E-state index in [4.69, 9.17) is 0 Å². The van der Waals surface area contributed by atoms with Crippen LogP contribution in [-0.4, -0.2) is 12.4 Å². The Balaban J connectivity index is 4.86. The number of alkyl halides is 6. The van der Waals surface area contributed by atoms with Gasteiger partial charge in [-0.1, -0.05) is 17.7 Å². The fraction of sp³-hybridized carbons (Fsp3) is 0.400. The summed E-state index contributed by atoms with van der Waals surface area (Å²) in [6, 6.07) is 0. The molecule has 0 aliphatic rings. The summed E-state index contributed by atoms with van der Waals surface area (Å²) in [5, 5.41) is 0. The van der Waals surface area contributed by atoms with Gasteiger partial charge in [-0.2, -0.15) is 26.3 Å². The van der Waals surface area contributed by atoms with E-state index in [0.717, 1.165) is 13.0 Å². The number of halogens is 6. The first kappa shape index (κ1) is 14.8. The fourth-order valence-electron chi connectivity index (χ4n) is 0.848. The monoisotopic (exact) mass is 244 g/mol. The van der Waals surface area contributed by atoms with Gasteiger partial charge in [0.1, 0.15) is 0 Å². The zero-order valence-electron chi connectivity index (χ0n) is 8.58. The Kier molecular flexibility index (Phi) is 4.83. The van der Waals surface area contributed by atoms with Crippen LogP contribution in [0.25, 0.3) is 0 Å². The standard InChI is InChI=1S/C10H10F6/c1-3-8(10(14,15)16)6-7(2)4-5-9(11,12)13/h3-6H,1-2H3. The molecule has 0 N–H and O–H groups in total. The molecule has 0 aliphatic heterocycles. The first-order valence-corrected chi connectivity index (χ1v) is 4.24. The summed E-state index contributed by atoms with van der Waals surface area (Å²) >= 11 is 0. The largest absolute Gasteiger partial charge is 0.416 e. The molecule has 0 aromatic heterocycles. The molecule has 0 radical (unpaired) electrons. The van der Waals surface area contributed by atoms with Crippen LogP contribution in [0.2, 0.25) is 0 Å². The highest BCUT2D eigenvalue weighted by molar-refractivity contribution is 5.31. The molecule has 0 atom stereocenters. The molecule has 0 rings (SSSR count). The van der Waals surface area contributed by atoms with Gasteiger partial charge in [0, 0.05) is 6.08 Å². The Morgan fingerprint density at radius 3 is 1.81 bits per heavy atom. The average molecular weight is 244 g/mol. The second-order valence-electron chi connectivity index (χ2n) is 3.01. The number of allylic oxidation sites excluding steroid dienone is 6. The molecule has 0 aromatic rings. The van der Waals surface area contributed by atoms with Crippen LogP contribution < -0.4 is 0 Å². The lowest BCUT2D eigenvalue weighted by molar-refractivity contribution is -0.0883. The van der Waals surface area contributed by atoms with Crippen LogP contribution in [0.5, 0.6) is 0 Å². The maximum Gasteiger partial charge on any atom is 0.416 e. The molecular weight excluding hydrogens is 234 g/mol. The molecule has 0 aliphatic carbocycles. The Morgan fingerprint density at radius 2 is 1.50 bits per heavy atom. The molecular formula is C10H10F6. The summed E-state index contributed by atoms with van der Waals surface area (Å²) in [4.78, 5) is 0. The van der Waals surface area contributed by atoms with Gasteiger partial charge >= 0.3 is 12.4 Å². The van der Waals surface area contributed by atoms with E-state index < -0.39 is 17.9 Å². The predicted octanol–water partition coefficient (Wildman–Crippen LogP) is 4.56. The lowest BCUT2D eigenvalue weighted by atomic mass is 10.1. The van der Waals surface area contributed by atoms with Gasteiger partial charge in [0.05, 0.1) is 5.57 Å². The van der Waals surface area contributed by atoms with Gasteiger partial charge in [0.25, 0.3) is 0 Å². The minimum atomic E-state index is -4.55. The van der Waals surface area contributed by atoms with Crippen molar-refractivity contribution in [1.82, 2.24) is 0 Å². The van der Waals surface area contributed by atoms with E-state index in [-0.39, 0.29) is 11.6 Å². The average Bonchev–Trinajstić information content (AvgIpc) is 2.07. The van der Waals surface area contributed by atoms with Crippen molar-refractivity contribution in [2.45, 2.75) is 26.2 Å². The third-order valence-electron chi connectivity index (χ3n) is 1.56. The van der Waals surface area contributed by atoms with E-state index in [2.05, 4.69) is 0 Å². The first-order chi connectivity index (χ1) is 7.06. The van der Waals surface area contributed by atoms with Crippen molar-refractivity contribution >= 4 is 0 Å². The summed E-state index contributed by atoms with van der Waals surface area (Å²) < 4.78 is 71.7. The van der Waals surface area contributed by atoms with Gasteiger partial charge < -0.3 is 0 Å². The van der Waals surface area contributed by atoms with Crippen LogP contribution in [0.15, 0.2) is 35.5 Å². The molecule has 6 heteroatoms. The van der Waals surface area contributed by atoms with E-state index in [1.54, 1.807) is 0 Å². The van der Waals surface area contributed by atoms with Gasteiger partial charge in [-0.25, -0.2) is 0 Å². The third-order valence-corrected chi connectivity index (χ3v) is 1.56. The van der Waals surface area contributed by atoms with Crippen LogP contribution in [0.1, 0.15) is 13.8 Å². The molecule has 0 saturated heterocycles. The van der Waals surface area contributed by atoms with E-state index in [0.29, 0.717) is 12.2 Å². The van der Waals surface area contributed by atoms with Crippen molar-refractivity contribution in [2.75, 3.05) is 0 Å². The zero-order chi connectivity index (χ0) is 13.0. The number of rotatable bonds is 2. The number of hydrogen-bond donors (Lipinski definition) is 0. The van der Waals surface area contributed by atoms with Gasteiger partial charge in [-0.05, 0) is 19.9 Å². The minimum absolute atomic E-state index is 0.109. The topological polar surface area (TPSA) is 0 Å². The van der Waals surface area contributed by atoms with Crippen molar-refractivity contribution in [2.24, 2.45) is 0 Å². The van der Waals surface area contributed by atoms with Crippen molar-refractivity contribution in [3.05, 3.63) is 35.5 Å². The van der Waals surface area contributed by atoms with E-state index in [1.807, 2.05) is 0 Å². The predicted molar refractivity (Wildman–Crippen MR) is 48.8 cm³/mol. The van der Waals surface area contributed by atoms with Crippen molar-refractivity contribution in [1.29, 1.82) is 0 Å². The van der Waals surface area contributed by atoms with Crippen LogP contribution in [0, 0.1) is 0 Å². The lowest BCUT2D eigenvalue weighted by Crippen LogP contribution is -2.10. The smallest absolute Gasteiger partial charge is 0.167 e. The quantitative estimate of drug-likeness (QED) is 0.493. The summed E-state index contributed by atoms with van der Waals surface area (Å²) in [6.45, 7) is 2.33. The van der Waals surface area contributed by atoms with Crippen molar-refractivity contribution in [3.63, 3.8) is 0 Å². The zero-order valence-corrected chi connectivity index (χ0v) is 8.58. The minimum Gasteiger partial charge on any atom is -0.167 e. The Bertz CT molecular complexity index is 313.